The number of anilines is 1. The molecule has 0 unspecified atom stereocenters. The fraction of sp³-hybridized carbons (Fsp3) is 0.188. The fourth-order valence-corrected chi connectivity index (χ4v) is 1.93. The van der Waals surface area contributed by atoms with Crippen LogP contribution in [0.5, 0.6) is 5.75 Å². The molecule has 0 radical (unpaired) electrons. The van der Waals surface area contributed by atoms with Gasteiger partial charge in [0.15, 0.2) is 0 Å². The maximum atomic E-state index is 11.8. The number of carbonyl (C=O) groups excluding carboxylic acids is 1. The highest BCUT2D eigenvalue weighted by molar-refractivity contribution is 6.32. The molecule has 0 aliphatic carbocycles. The molecule has 0 bridgehead atoms. The third-order valence-electron chi connectivity index (χ3n) is 2.84. The van der Waals surface area contributed by atoms with Crippen molar-refractivity contribution < 1.29 is 9.53 Å². The number of carbonyl (C=O) groups is 1. The monoisotopic (exact) mass is 289 g/mol. The minimum atomic E-state index is -0.0775. The largest absolute Gasteiger partial charge is 0.491 e. The lowest BCUT2D eigenvalue weighted by molar-refractivity contribution is -0.116. The molecule has 2 aromatic carbocycles. The van der Waals surface area contributed by atoms with Gasteiger partial charge in [0, 0.05) is 5.69 Å². The topological polar surface area (TPSA) is 38.3 Å². The summed E-state index contributed by atoms with van der Waals surface area (Å²) in [6.45, 7) is 2.25. The lowest BCUT2D eigenvalue weighted by Gasteiger charge is -2.09. The quantitative estimate of drug-likeness (QED) is 0.901. The average Bonchev–Trinajstić information content (AvgIpc) is 2.43. The van der Waals surface area contributed by atoms with E-state index in [1.165, 1.54) is 0 Å². The molecule has 4 heteroatoms. The van der Waals surface area contributed by atoms with Gasteiger partial charge in [-0.3, -0.25) is 4.79 Å². The fourth-order valence-electron chi connectivity index (χ4n) is 1.74. The van der Waals surface area contributed by atoms with Gasteiger partial charge >= 0.3 is 0 Å². The summed E-state index contributed by atoms with van der Waals surface area (Å²) >= 11 is 5.96. The zero-order chi connectivity index (χ0) is 14.4. The van der Waals surface area contributed by atoms with Gasteiger partial charge in [0.1, 0.15) is 5.75 Å². The maximum absolute atomic E-state index is 11.8. The molecule has 0 fully saturated rings. The second kappa shape index (κ2) is 6.96. The van der Waals surface area contributed by atoms with Crippen molar-refractivity contribution >= 4 is 23.2 Å². The first-order valence-corrected chi connectivity index (χ1v) is 6.77. The van der Waals surface area contributed by atoms with Crippen molar-refractivity contribution in [1.29, 1.82) is 0 Å². The molecule has 0 heterocycles. The zero-order valence-electron chi connectivity index (χ0n) is 11.2. The lowest BCUT2D eigenvalue weighted by atomic mass is 10.2. The minimum absolute atomic E-state index is 0.0775. The number of benzene rings is 2. The number of rotatable bonds is 5. The van der Waals surface area contributed by atoms with Crippen LogP contribution in [-0.2, 0) is 4.79 Å². The van der Waals surface area contributed by atoms with E-state index in [1.807, 2.05) is 43.3 Å². The molecule has 20 heavy (non-hydrogen) atoms. The van der Waals surface area contributed by atoms with E-state index in [1.54, 1.807) is 12.1 Å². The van der Waals surface area contributed by atoms with E-state index in [0.717, 1.165) is 11.3 Å². The Bertz CT molecular complexity index is 599. The van der Waals surface area contributed by atoms with Crippen molar-refractivity contribution in [1.82, 2.24) is 0 Å². The first-order valence-electron chi connectivity index (χ1n) is 6.39. The summed E-state index contributed by atoms with van der Waals surface area (Å²) in [7, 11) is 0. The van der Waals surface area contributed by atoms with E-state index >= 15 is 0 Å². The van der Waals surface area contributed by atoms with E-state index in [0.29, 0.717) is 17.4 Å². The van der Waals surface area contributed by atoms with Gasteiger partial charge in [-0.2, -0.15) is 0 Å². The van der Waals surface area contributed by atoms with E-state index in [2.05, 4.69) is 5.32 Å². The van der Waals surface area contributed by atoms with Crippen molar-refractivity contribution in [3.8, 4) is 5.75 Å². The van der Waals surface area contributed by atoms with Crippen LogP contribution < -0.4 is 10.1 Å². The molecule has 3 nitrogen and oxygen atoms in total. The summed E-state index contributed by atoms with van der Waals surface area (Å²) in [4.78, 5) is 11.8. The number of aryl methyl sites for hydroxylation is 1. The normalized spacial score (nSPS) is 10.1. The van der Waals surface area contributed by atoms with Crippen molar-refractivity contribution in [2.75, 3.05) is 11.9 Å². The highest BCUT2D eigenvalue weighted by Crippen LogP contribution is 2.23. The molecule has 0 aliphatic heterocycles. The van der Waals surface area contributed by atoms with Crippen molar-refractivity contribution in [3.05, 3.63) is 59.1 Å². The third-order valence-corrected chi connectivity index (χ3v) is 3.15. The van der Waals surface area contributed by atoms with Gasteiger partial charge < -0.3 is 10.1 Å². The summed E-state index contributed by atoms with van der Waals surface area (Å²) in [6.07, 6.45) is 0.277. The zero-order valence-corrected chi connectivity index (χ0v) is 12.0. The molecular formula is C16H16ClNO2. The number of amides is 1. The van der Waals surface area contributed by atoms with Crippen LogP contribution in [0.15, 0.2) is 48.5 Å². The molecule has 1 N–H and O–H groups in total. The molecule has 0 aliphatic rings. The van der Waals surface area contributed by atoms with Crippen molar-refractivity contribution in [2.24, 2.45) is 0 Å². The molecule has 104 valence electrons. The summed E-state index contributed by atoms with van der Waals surface area (Å²) in [5, 5.41) is 3.41. The Labute approximate surface area is 123 Å². The first kappa shape index (κ1) is 14.4. The van der Waals surface area contributed by atoms with Crippen LogP contribution in [0.25, 0.3) is 0 Å². The molecule has 0 saturated heterocycles. The molecule has 0 aromatic heterocycles. The van der Waals surface area contributed by atoms with E-state index in [-0.39, 0.29) is 12.3 Å². The lowest BCUT2D eigenvalue weighted by Crippen LogP contribution is -2.15. The van der Waals surface area contributed by atoms with E-state index in [9.17, 15) is 4.79 Å². The Balaban J connectivity index is 1.82. The van der Waals surface area contributed by atoms with Crippen molar-refractivity contribution in [2.45, 2.75) is 13.3 Å². The van der Waals surface area contributed by atoms with Crippen LogP contribution >= 0.6 is 11.6 Å². The van der Waals surface area contributed by atoms with Crippen molar-refractivity contribution in [3.63, 3.8) is 0 Å². The molecule has 1 amide bonds. The number of para-hydroxylation sites is 2. The van der Waals surface area contributed by atoms with Gasteiger partial charge in [0.2, 0.25) is 5.91 Å². The first-order chi connectivity index (χ1) is 9.66. The van der Waals surface area contributed by atoms with Gasteiger partial charge in [-0.15, -0.1) is 0 Å². The number of hydrogen-bond acceptors (Lipinski definition) is 2. The Morgan fingerprint density at radius 3 is 2.60 bits per heavy atom. The summed E-state index contributed by atoms with van der Waals surface area (Å²) < 4.78 is 5.48. The third kappa shape index (κ3) is 4.00. The molecule has 0 spiro atoms. The van der Waals surface area contributed by atoms with Gasteiger partial charge in [-0.05, 0) is 30.7 Å². The number of ether oxygens (including phenoxy) is 1. The van der Waals surface area contributed by atoms with E-state index in [4.69, 9.17) is 16.3 Å². The predicted molar refractivity (Wildman–Crippen MR) is 81.4 cm³/mol. The Morgan fingerprint density at radius 1 is 1.15 bits per heavy atom. The minimum Gasteiger partial charge on any atom is -0.491 e. The standard InChI is InChI=1S/C16H16ClNO2/c1-12-6-2-4-8-14(12)18-16(19)10-11-20-15-9-5-3-7-13(15)17/h2-9H,10-11H2,1H3,(H,18,19). The maximum Gasteiger partial charge on any atom is 0.227 e. The summed E-state index contributed by atoms with van der Waals surface area (Å²) in [5.41, 5.74) is 1.86. The molecule has 2 rings (SSSR count). The van der Waals surface area contributed by atoms with Crippen LogP contribution in [0.1, 0.15) is 12.0 Å². The van der Waals surface area contributed by atoms with Gasteiger partial charge in [-0.1, -0.05) is 41.9 Å². The second-order valence-corrected chi connectivity index (χ2v) is 4.80. The molecule has 0 saturated carbocycles. The predicted octanol–water partition coefficient (Wildman–Crippen LogP) is 4.06. The van der Waals surface area contributed by atoms with Gasteiger partial charge in [0.05, 0.1) is 18.1 Å². The van der Waals surface area contributed by atoms with Crippen LogP contribution in [-0.4, -0.2) is 12.5 Å². The van der Waals surface area contributed by atoms with Gasteiger partial charge in [-0.25, -0.2) is 0 Å². The molecule has 2 aromatic rings. The summed E-state index contributed by atoms with van der Waals surface area (Å²) in [5.74, 6) is 0.518. The number of hydrogen-bond donors (Lipinski definition) is 1. The number of nitrogens with one attached hydrogen (secondary N) is 1. The van der Waals surface area contributed by atoms with Crippen LogP contribution in [0.4, 0.5) is 5.69 Å². The average molecular weight is 290 g/mol. The highest BCUT2D eigenvalue weighted by Gasteiger charge is 2.05. The molecule has 0 atom stereocenters. The smallest absolute Gasteiger partial charge is 0.227 e. The summed E-state index contributed by atoms with van der Waals surface area (Å²) in [6, 6.07) is 14.9. The number of halogens is 1. The SMILES string of the molecule is Cc1ccccc1NC(=O)CCOc1ccccc1Cl. The highest BCUT2D eigenvalue weighted by atomic mass is 35.5. The Morgan fingerprint density at radius 2 is 1.85 bits per heavy atom. The van der Waals surface area contributed by atoms with Crippen LogP contribution in [0, 0.1) is 6.92 Å². The van der Waals surface area contributed by atoms with Gasteiger partial charge in [0.25, 0.3) is 0 Å². The second-order valence-electron chi connectivity index (χ2n) is 4.39. The molecular weight excluding hydrogens is 274 g/mol. The Kier molecular flexibility index (Phi) is 5.02. The van der Waals surface area contributed by atoms with Crippen LogP contribution in [0.2, 0.25) is 5.02 Å². The van der Waals surface area contributed by atoms with Crippen LogP contribution in [0.3, 0.4) is 0 Å². The Hall–Kier alpha value is -2.00. The van der Waals surface area contributed by atoms with E-state index < -0.39 is 0 Å².